The van der Waals surface area contributed by atoms with Crippen molar-refractivity contribution in [1.29, 1.82) is 0 Å². The Bertz CT molecular complexity index is 845. The fraction of sp³-hybridized carbons (Fsp3) is 0. The third-order valence-corrected chi connectivity index (χ3v) is 3.25. The minimum Gasteiger partial charge on any atom is -0.349 e. The van der Waals surface area contributed by atoms with Crippen LogP contribution in [0.4, 0.5) is 0 Å². The predicted molar refractivity (Wildman–Crippen MR) is 82.5 cm³/mol. The second kappa shape index (κ2) is 5.87. The number of carbonyl (C=O) groups excluding carboxylic acids is 2. The molecule has 1 aromatic carbocycles. The number of aromatic amines is 1. The van der Waals surface area contributed by atoms with Gasteiger partial charge < -0.3 is 4.98 Å². The topological polar surface area (TPSA) is 86.9 Å². The summed E-state index contributed by atoms with van der Waals surface area (Å²) >= 11 is 5.80. The van der Waals surface area contributed by atoms with Gasteiger partial charge in [-0.3, -0.25) is 20.4 Å². The summed E-state index contributed by atoms with van der Waals surface area (Å²) in [6, 6.07) is 11.9. The van der Waals surface area contributed by atoms with Gasteiger partial charge in [0.1, 0.15) is 10.8 Å². The van der Waals surface area contributed by atoms with E-state index in [1.165, 1.54) is 6.20 Å². The molecule has 6 nitrogen and oxygen atoms in total. The van der Waals surface area contributed by atoms with E-state index in [9.17, 15) is 9.59 Å². The maximum absolute atomic E-state index is 12.0. The molecule has 0 atom stereocenters. The van der Waals surface area contributed by atoms with E-state index < -0.39 is 11.8 Å². The molecule has 0 fully saturated rings. The summed E-state index contributed by atoms with van der Waals surface area (Å²) in [6.45, 7) is 0. The normalized spacial score (nSPS) is 10.4. The molecule has 0 aliphatic carbocycles. The lowest BCUT2D eigenvalue weighted by molar-refractivity contribution is 0.0844. The van der Waals surface area contributed by atoms with Crippen molar-refractivity contribution < 1.29 is 9.59 Å². The first-order chi connectivity index (χ1) is 10.6. The molecule has 0 radical (unpaired) electrons. The number of halogens is 1. The number of rotatable bonds is 2. The molecule has 3 N–H and O–H groups in total. The standard InChI is InChI=1S/C15H11ClN4O2/c16-13-7-10-6-11(18-12(10)8-17-13)15(22)20-19-14(21)9-4-2-1-3-5-9/h1-8,18H,(H,19,21)(H,20,22). The van der Waals surface area contributed by atoms with Crippen molar-refractivity contribution in [3.63, 3.8) is 0 Å². The van der Waals surface area contributed by atoms with Crippen LogP contribution in [0.15, 0.2) is 48.7 Å². The van der Waals surface area contributed by atoms with Crippen LogP contribution in [0.2, 0.25) is 5.15 Å². The van der Waals surface area contributed by atoms with E-state index >= 15 is 0 Å². The highest BCUT2D eigenvalue weighted by Crippen LogP contribution is 2.17. The zero-order valence-corrected chi connectivity index (χ0v) is 12.0. The number of nitrogens with zero attached hydrogens (tertiary/aromatic N) is 1. The molecule has 0 saturated carbocycles. The summed E-state index contributed by atoms with van der Waals surface area (Å²) in [5, 5.41) is 1.11. The van der Waals surface area contributed by atoms with Gasteiger partial charge in [-0.15, -0.1) is 0 Å². The number of amides is 2. The van der Waals surface area contributed by atoms with Gasteiger partial charge in [0.25, 0.3) is 11.8 Å². The molecular formula is C15H11ClN4O2. The highest BCUT2D eigenvalue weighted by Gasteiger charge is 2.11. The molecule has 0 aliphatic rings. The summed E-state index contributed by atoms with van der Waals surface area (Å²) in [4.78, 5) is 30.7. The van der Waals surface area contributed by atoms with E-state index in [2.05, 4.69) is 20.8 Å². The quantitative estimate of drug-likeness (QED) is 0.501. The van der Waals surface area contributed by atoms with Crippen molar-refractivity contribution in [2.45, 2.75) is 0 Å². The summed E-state index contributed by atoms with van der Waals surface area (Å²) in [5.41, 5.74) is 6.14. The van der Waals surface area contributed by atoms with Crippen LogP contribution < -0.4 is 10.9 Å². The Kier molecular flexibility index (Phi) is 3.76. The van der Waals surface area contributed by atoms with Gasteiger partial charge in [-0.2, -0.15) is 0 Å². The smallest absolute Gasteiger partial charge is 0.286 e. The predicted octanol–water partition coefficient (Wildman–Crippen LogP) is 2.29. The molecule has 0 aliphatic heterocycles. The third kappa shape index (κ3) is 2.91. The Morgan fingerprint density at radius 3 is 2.55 bits per heavy atom. The highest BCUT2D eigenvalue weighted by molar-refractivity contribution is 6.30. The first kappa shape index (κ1) is 14.1. The number of hydrogen-bond donors (Lipinski definition) is 3. The van der Waals surface area contributed by atoms with Gasteiger partial charge >= 0.3 is 0 Å². The van der Waals surface area contributed by atoms with Gasteiger partial charge in [0, 0.05) is 10.9 Å². The fourth-order valence-corrected chi connectivity index (χ4v) is 2.14. The Balaban J connectivity index is 1.69. The van der Waals surface area contributed by atoms with Gasteiger partial charge in [0.05, 0.1) is 11.7 Å². The van der Waals surface area contributed by atoms with Crippen LogP contribution in [0.3, 0.4) is 0 Å². The molecule has 3 rings (SSSR count). The first-order valence-electron chi connectivity index (χ1n) is 6.43. The van der Waals surface area contributed by atoms with Gasteiger partial charge in [0.15, 0.2) is 0 Å². The van der Waals surface area contributed by atoms with Crippen molar-refractivity contribution in [3.8, 4) is 0 Å². The number of aromatic nitrogens is 2. The molecule has 0 spiro atoms. The van der Waals surface area contributed by atoms with Crippen LogP contribution in [-0.4, -0.2) is 21.8 Å². The van der Waals surface area contributed by atoms with Crippen molar-refractivity contribution in [1.82, 2.24) is 20.8 Å². The minimum atomic E-state index is -0.461. The van der Waals surface area contributed by atoms with Crippen LogP contribution in [0.25, 0.3) is 10.9 Å². The van der Waals surface area contributed by atoms with Gasteiger partial charge in [-0.25, -0.2) is 4.98 Å². The number of hydrazine groups is 1. The zero-order valence-electron chi connectivity index (χ0n) is 11.3. The molecule has 3 aromatic rings. The van der Waals surface area contributed by atoms with E-state index in [1.54, 1.807) is 42.5 Å². The number of hydrogen-bond acceptors (Lipinski definition) is 3. The van der Waals surface area contributed by atoms with Gasteiger partial charge in [-0.05, 0) is 24.3 Å². The lowest BCUT2D eigenvalue weighted by Gasteiger charge is -2.05. The summed E-state index contributed by atoms with van der Waals surface area (Å²) < 4.78 is 0. The third-order valence-electron chi connectivity index (χ3n) is 3.04. The maximum atomic E-state index is 12.0. The number of fused-ring (bicyclic) bond motifs is 1. The molecule has 7 heteroatoms. The van der Waals surface area contributed by atoms with Crippen LogP contribution in [0, 0.1) is 0 Å². The number of nitrogens with one attached hydrogen (secondary N) is 3. The van der Waals surface area contributed by atoms with Gasteiger partial charge in [0.2, 0.25) is 0 Å². The van der Waals surface area contributed by atoms with E-state index in [0.717, 1.165) is 5.39 Å². The molecule has 22 heavy (non-hydrogen) atoms. The van der Waals surface area contributed by atoms with E-state index in [1.807, 2.05) is 0 Å². The molecule has 2 heterocycles. The molecule has 2 aromatic heterocycles. The average molecular weight is 315 g/mol. The monoisotopic (exact) mass is 314 g/mol. The average Bonchev–Trinajstić information content (AvgIpc) is 2.96. The second-order valence-electron chi connectivity index (χ2n) is 4.55. The molecule has 0 saturated heterocycles. The second-order valence-corrected chi connectivity index (χ2v) is 4.94. The zero-order chi connectivity index (χ0) is 15.5. The maximum Gasteiger partial charge on any atom is 0.286 e. The SMILES string of the molecule is O=C(NNC(=O)c1cc2cc(Cl)ncc2[nH]1)c1ccccc1. The molecular weight excluding hydrogens is 304 g/mol. The van der Waals surface area contributed by atoms with E-state index in [4.69, 9.17) is 11.6 Å². The van der Waals surface area contributed by atoms with Crippen LogP contribution in [-0.2, 0) is 0 Å². The van der Waals surface area contributed by atoms with Gasteiger partial charge in [-0.1, -0.05) is 29.8 Å². The van der Waals surface area contributed by atoms with E-state index in [-0.39, 0.29) is 0 Å². The molecule has 110 valence electrons. The van der Waals surface area contributed by atoms with E-state index in [0.29, 0.717) is 21.9 Å². The lowest BCUT2D eigenvalue weighted by atomic mass is 10.2. The van der Waals surface area contributed by atoms with Crippen molar-refractivity contribution >= 4 is 34.3 Å². The molecule has 0 bridgehead atoms. The fourth-order valence-electron chi connectivity index (χ4n) is 1.97. The number of H-pyrrole nitrogens is 1. The number of benzene rings is 1. The molecule has 0 unspecified atom stereocenters. The lowest BCUT2D eigenvalue weighted by Crippen LogP contribution is -2.41. The van der Waals surface area contributed by atoms with Crippen molar-refractivity contribution in [2.75, 3.05) is 0 Å². The first-order valence-corrected chi connectivity index (χ1v) is 6.81. The Morgan fingerprint density at radius 2 is 1.77 bits per heavy atom. The van der Waals surface area contributed by atoms with Crippen LogP contribution >= 0.6 is 11.6 Å². The Hall–Kier alpha value is -2.86. The summed E-state index contributed by atoms with van der Waals surface area (Å²) in [5.74, 6) is -0.855. The Morgan fingerprint density at radius 1 is 1.05 bits per heavy atom. The van der Waals surface area contributed by atoms with Crippen LogP contribution in [0.5, 0.6) is 0 Å². The Labute approximate surface area is 130 Å². The van der Waals surface area contributed by atoms with Crippen molar-refractivity contribution in [3.05, 3.63) is 65.1 Å². The number of pyridine rings is 1. The highest BCUT2D eigenvalue weighted by atomic mass is 35.5. The summed E-state index contributed by atoms with van der Waals surface area (Å²) in [7, 11) is 0. The number of carbonyl (C=O) groups is 2. The summed E-state index contributed by atoms with van der Waals surface area (Å²) in [6.07, 6.45) is 1.54. The minimum absolute atomic E-state index is 0.299. The van der Waals surface area contributed by atoms with Crippen molar-refractivity contribution in [2.24, 2.45) is 0 Å². The molecule has 2 amide bonds. The largest absolute Gasteiger partial charge is 0.349 e. The van der Waals surface area contributed by atoms with Crippen LogP contribution in [0.1, 0.15) is 20.8 Å².